The Balaban J connectivity index is 1.62. The molecule has 0 spiro atoms. The van der Waals surface area contributed by atoms with Crippen molar-refractivity contribution in [2.45, 2.75) is 76.9 Å². The predicted molar refractivity (Wildman–Crippen MR) is 170 cm³/mol. The summed E-state index contributed by atoms with van der Waals surface area (Å²) in [6, 6.07) is 20.3. The van der Waals surface area contributed by atoms with Gasteiger partial charge in [-0.2, -0.15) is 0 Å². The monoisotopic (exact) mass is 658 g/mol. The van der Waals surface area contributed by atoms with Gasteiger partial charge in [0.2, 0.25) is 5.91 Å². The normalized spacial score (nSPS) is 14.5. The molecule has 0 bridgehead atoms. The van der Waals surface area contributed by atoms with Gasteiger partial charge >= 0.3 is 0 Å². The molecule has 2 amide bonds. The van der Waals surface area contributed by atoms with Crippen molar-refractivity contribution in [1.82, 2.24) is 10.2 Å². The highest BCUT2D eigenvalue weighted by atomic mass is 79.9. The molecular formula is C33H37BrCl2N2O3. The molecule has 5 nitrogen and oxygen atoms in total. The largest absolute Gasteiger partial charge is 0.483 e. The van der Waals surface area contributed by atoms with Crippen LogP contribution in [0.4, 0.5) is 0 Å². The number of amides is 2. The molecule has 218 valence electrons. The van der Waals surface area contributed by atoms with E-state index in [-0.39, 0.29) is 36.4 Å². The van der Waals surface area contributed by atoms with Crippen molar-refractivity contribution in [2.24, 2.45) is 0 Å². The SMILES string of the molecule is CC(C)(C)c1ccc(OCC(=O)N(Cc2ccc(Cl)c(Cl)c2)[C@H](Cc2ccccc2)C(=O)NC2CCCC2)c(Br)c1. The van der Waals surface area contributed by atoms with Crippen LogP contribution in [0, 0.1) is 0 Å². The lowest BCUT2D eigenvalue weighted by Crippen LogP contribution is -2.53. The molecule has 0 unspecified atom stereocenters. The van der Waals surface area contributed by atoms with E-state index in [1.807, 2.05) is 54.6 Å². The van der Waals surface area contributed by atoms with Crippen molar-refractivity contribution in [3.8, 4) is 5.75 Å². The summed E-state index contributed by atoms with van der Waals surface area (Å²) in [6.07, 6.45) is 4.46. The quantitative estimate of drug-likeness (QED) is 0.239. The van der Waals surface area contributed by atoms with E-state index >= 15 is 0 Å². The first-order chi connectivity index (χ1) is 19.5. The van der Waals surface area contributed by atoms with Gasteiger partial charge in [0.05, 0.1) is 14.5 Å². The van der Waals surface area contributed by atoms with Crippen LogP contribution in [0.2, 0.25) is 10.0 Å². The van der Waals surface area contributed by atoms with Gasteiger partial charge in [-0.05, 0) is 75.1 Å². The average Bonchev–Trinajstić information content (AvgIpc) is 3.44. The summed E-state index contributed by atoms with van der Waals surface area (Å²) < 4.78 is 6.80. The number of halogens is 3. The highest BCUT2D eigenvalue weighted by Crippen LogP contribution is 2.32. The standard InChI is InChI=1S/C33H37BrCl2N2O3/c1-33(2,3)24-14-16-30(26(34)19-24)41-21-31(39)38(20-23-13-15-27(35)28(36)17-23)29(18-22-9-5-4-6-10-22)32(40)37-25-11-7-8-12-25/h4-6,9-10,13-17,19,25,29H,7-8,11-12,18,20-21H2,1-3H3,(H,37,40)/t29-/m1/s1. The van der Waals surface area contributed by atoms with Gasteiger partial charge in [-0.3, -0.25) is 9.59 Å². The molecule has 1 aliphatic rings. The Morgan fingerprint density at radius 3 is 2.32 bits per heavy atom. The van der Waals surface area contributed by atoms with Crippen LogP contribution in [0.15, 0.2) is 71.2 Å². The van der Waals surface area contributed by atoms with Crippen molar-refractivity contribution in [2.75, 3.05) is 6.61 Å². The second-order valence-electron chi connectivity index (χ2n) is 11.6. The Kier molecular flexibility index (Phi) is 10.8. The van der Waals surface area contributed by atoms with Crippen molar-refractivity contribution < 1.29 is 14.3 Å². The van der Waals surface area contributed by atoms with Crippen LogP contribution in [-0.2, 0) is 28.0 Å². The van der Waals surface area contributed by atoms with E-state index in [0.717, 1.165) is 46.8 Å². The Morgan fingerprint density at radius 1 is 0.976 bits per heavy atom. The number of nitrogens with zero attached hydrogens (tertiary/aromatic N) is 1. The number of carbonyl (C=O) groups excluding carboxylic acids is 2. The fourth-order valence-corrected chi connectivity index (χ4v) is 5.88. The molecule has 1 N–H and O–H groups in total. The summed E-state index contributed by atoms with van der Waals surface area (Å²) in [7, 11) is 0. The molecule has 0 aromatic heterocycles. The maximum atomic E-state index is 13.9. The molecular weight excluding hydrogens is 623 g/mol. The zero-order valence-electron chi connectivity index (χ0n) is 23.8. The minimum atomic E-state index is -0.740. The first-order valence-electron chi connectivity index (χ1n) is 14.0. The Labute approximate surface area is 261 Å². The van der Waals surface area contributed by atoms with Crippen LogP contribution in [0.3, 0.4) is 0 Å². The van der Waals surface area contributed by atoms with Crippen molar-refractivity contribution in [1.29, 1.82) is 0 Å². The molecule has 3 aromatic rings. The molecule has 8 heteroatoms. The smallest absolute Gasteiger partial charge is 0.261 e. The number of rotatable bonds is 10. The first-order valence-corrected chi connectivity index (χ1v) is 15.6. The van der Waals surface area contributed by atoms with E-state index in [1.54, 1.807) is 17.0 Å². The first kappa shape index (κ1) is 31.4. The number of ether oxygens (including phenoxy) is 1. The lowest BCUT2D eigenvalue weighted by molar-refractivity contribution is -0.143. The third-order valence-corrected chi connectivity index (χ3v) is 8.82. The summed E-state index contributed by atoms with van der Waals surface area (Å²) in [4.78, 5) is 29.4. The highest BCUT2D eigenvalue weighted by molar-refractivity contribution is 9.10. The second-order valence-corrected chi connectivity index (χ2v) is 13.3. The van der Waals surface area contributed by atoms with Crippen molar-refractivity contribution >= 4 is 50.9 Å². The number of carbonyl (C=O) groups is 2. The maximum absolute atomic E-state index is 13.9. The fraction of sp³-hybridized carbons (Fsp3) is 0.394. The lowest BCUT2D eigenvalue weighted by atomic mass is 9.87. The van der Waals surface area contributed by atoms with E-state index in [2.05, 4.69) is 42.0 Å². The van der Waals surface area contributed by atoms with Crippen LogP contribution >= 0.6 is 39.1 Å². The molecule has 1 aliphatic carbocycles. The molecule has 1 saturated carbocycles. The summed E-state index contributed by atoms with van der Waals surface area (Å²) >= 11 is 16.1. The van der Waals surface area contributed by atoms with Crippen LogP contribution < -0.4 is 10.1 Å². The van der Waals surface area contributed by atoms with Gasteiger partial charge in [0.15, 0.2) is 6.61 Å². The van der Waals surface area contributed by atoms with Crippen LogP contribution in [0.1, 0.15) is 63.1 Å². The molecule has 0 saturated heterocycles. The molecule has 1 atom stereocenters. The van der Waals surface area contributed by atoms with E-state index in [9.17, 15) is 9.59 Å². The van der Waals surface area contributed by atoms with Gasteiger partial charge in [-0.1, -0.05) is 99.3 Å². The third kappa shape index (κ3) is 8.73. The molecule has 1 fully saturated rings. The number of hydrogen-bond acceptors (Lipinski definition) is 3. The highest BCUT2D eigenvalue weighted by Gasteiger charge is 2.32. The van der Waals surface area contributed by atoms with Crippen LogP contribution in [-0.4, -0.2) is 35.4 Å². The zero-order chi connectivity index (χ0) is 29.6. The maximum Gasteiger partial charge on any atom is 0.261 e. The number of benzene rings is 3. The molecule has 0 heterocycles. The molecule has 41 heavy (non-hydrogen) atoms. The second kappa shape index (κ2) is 14.1. The van der Waals surface area contributed by atoms with E-state index in [0.29, 0.717) is 22.2 Å². The number of hydrogen-bond donors (Lipinski definition) is 1. The van der Waals surface area contributed by atoms with Crippen LogP contribution in [0.5, 0.6) is 5.75 Å². The van der Waals surface area contributed by atoms with E-state index in [1.165, 1.54) is 0 Å². The average molecular weight is 660 g/mol. The van der Waals surface area contributed by atoms with E-state index < -0.39 is 6.04 Å². The molecule has 0 radical (unpaired) electrons. The van der Waals surface area contributed by atoms with Gasteiger partial charge < -0.3 is 15.0 Å². The topological polar surface area (TPSA) is 58.6 Å². The van der Waals surface area contributed by atoms with Crippen molar-refractivity contribution in [3.05, 3.63) is 97.9 Å². The van der Waals surface area contributed by atoms with E-state index in [4.69, 9.17) is 27.9 Å². The lowest BCUT2D eigenvalue weighted by Gasteiger charge is -2.32. The van der Waals surface area contributed by atoms with Gasteiger partial charge in [-0.15, -0.1) is 0 Å². The molecule has 0 aliphatic heterocycles. The van der Waals surface area contributed by atoms with Crippen LogP contribution in [0.25, 0.3) is 0 Å². The van der Waals surface area contributed by atoms with Crippen molar-refractivity contribution in [3.63, 3.8) is 0 Å². The summed E-state index contributed by atoms with van der Waals surface area (Å²) in [5.41, 5.74) is 2.86. The van der Waals surface area contributed by atoms with Gasteiger partial charge in [0, 0.05) is 19.0 Å². The summed E-state index contributed by atoms with van der Waals surface area (Å²) in [5, 5.41) is 4.04. The Bertz CT molecular complexity index is 1350. The fourth-order valence-electron chi connectivity index (χ4n) is 5.06. The number of nitrogens with one attached hydrogen (secondary N) is 1. The third-order valence-electron chi connectivity index (χ3n) is 7.46. The zero-order valence-corrected chi connectivity index (χ0v) is 26.9. The minimum Gasteiger partial charge on any atom is -0.483 e. The molecule has 4 rings (SSSR count). The van der Waals surface area contributed by atoms with Gasteiger partial charge in [-0.25, -0.2) is 0 Å². The summed E-state index contributed by atoms with van der Waals surface area (Å²) in [5.74, 6) is 0.103. The molecule has 3 aromatic carbocycles. The Morgan fingerprint density at radius 2 is 1.68 bits per heavy atom. The van der Waals surface area contributed by atoms with Gasteiger partial charge in [0.25, 0.3) is 5.91 Å². The van der Waals surface area contributed by atoms with Gasteiger partial charge in [0.1, 0.15) is 11.8 Å². The summed E-state index contributed by atoms with van der Waals surface area (Å²) in [6.45, 7) is 6.38. The minimum absolute atomic E-state index is 0.0230. The Hall–Kier alpha value is -2.54. The predicted octanol–water partition coefficient (Wildman–Crippen LogP) is 8.13.